The maximum Gasteiger partial charge on any atom is 0.495 e. The zero-order valence-electron chi connectivity index (χ0n) is 62.5. The summed E-state index contributed by atoms with van der Waals surface area (Å²) >= 11 is 13.4. The molecule has 0 saturated carbocycles. The number of hydrogen-bond donors (Lipinski definition) is 2. The second-order valence-electron chi connectivity index (χ2n) is 29.6. The van der Waals surface area contributed by atoms with Gasteiger partial charge in [-0.1, -0.05) is 333 Å². The third kappa shape index (κ3) is 13.8. The highest BCUT2D eigenvalue weighted by atomic mass is 35.5. The van der Waals surface area contributed by atoms with Crippen LogP contribution in [0.25, 0.3) is 177 Å². The lowest BCUT2D eigenvalue weighted by Gasteiger charge is -2.32. The molecule has 0 amide bonds. The van der Waals surface area contributed by atoms with Gasteiger partial charge in [0.1, 0.15) is 33.5 Å². The lowest BCUT2D eigenvalue weighted by molar-refractivity contribution is 0.00578. The highest BCUT2D eigenvalue weighted by Crippen LogP contribution is 2.49. The minimum absolute atomic E-state index is 0.292. The molecule has 0 unspecified atom stereocenters. The van der Waals surface area contributed by atoms with E-state index < -0.39 is 25.4 Å². The van der Waals surface area contributed by atoms with E-state index in [1.54, 1.807) is 12.1 Å². The summed E-state index contributed by atoms with van der Waals surface area (Å²) in [6, 6.07) is 125. The third-order valence-electron chi connectivity index (χ3n) is 22.1. The van der Waals surface area contributed by atoms with Crippen molar-refractivity contribution in [3.8, 4) is 111 Å². The van der Waals surface area contributed by atoms with Crippen LogP contribution in [0.5, 0.6) is 0 Å². The molecule has 0 radical (unpaired) electrons. The Labute approximate surface area is 666 Å². The van der Waals surface area contributed by atoms with Gasteiger partial charge in [0.25, 0.3) is 0 Å². The first-order valence-corrected chi connectivity index (χ1v) is 38.7. The van der Waals surface area contributed by atoms with Crippen LogP contribution < -0.4 is 10.9 Å². The van der Waals surface area contributed by atoms with Gasteiger partial charge >= 0.3 is 14.2 Å². The Balaban J connectivity index is 0.000000121. The van der Waals surface area contributed by atoms with Crippen LogP contribution in [0.4, 0.5) is 0 Å². The molecular weight excluding hydrogens is 1430 g/mol. The van der Waals surface area contributed by atoms with Gasteiger partial charge in [-0.05, 0) is 171 Å². The number of halogens is 2. The number of hydrogen-bond acceptors (Lipinski definition) is 7. The van der Waals surface area contributed by atoms with E-state index in [-0.39, 0.29) is 0 Å². The first kappa shape index (κ1) is 72.0. The highest BCUT2D eigenvalue weighted by Gasteiger charge is 2.52. The van der Waals surface area contributed by atoms with E-state index in [1.165, 1.54) is 22.3 Å². The van der Waals surface area contributed by atoms with Gasteiger partial charge in [-0.2, -0.15) is 0 Å². The fourth-order valence-corrected chi connectivity index (χ4v) is 16.1. The van der Waals surface area contributed by atoms with Crippen molar-refractivity contribution < 1.29 is 32.6 Å². The summed E-state index contributed by atoms with van der Waals surface area (Å²) in [5, 5.41) is 26.4. The van der Waals surface area contributed by atoms with Crippen molar-refractivity contribution in [2.75, 3.05) is 0 Å². The quantitative estimate of drug-likeness (QED) is 0.118. The van der Waals surface area contributed by atoms with Gasteiger partial charge < -0.3 is 32.6 Å². The summed E-state index contributed by atoms with van der Waals surface area (Å²) in [7, 11) is -2.19. The first-order chi connectivity index (χ1) is 55.2. The van der Waals surface area contributed by atoms with Crippen LogP contribution in [0.2, 0.25) is 10.0 Å². The van der Waals surface area contributed by atoms with E-state index in [9.17, 15) is 10.0 Å². The Bertz CT molecular complexity index is 6660. The van der Waals surface area contributed by atoms with Crippen LogP contribution in [-0.4, -0.2) is 35.5 Å². The molecule has 0 aliphatic carbocycles. The maximum absolute atomic E-state index is 9.81. The molecular formula is C102H74B2Cl2O7. The first-order valence-electron chi connectivity index (χ1n) is 38.0. The van der Waals surface area contributed by atoms with E-state index >= 15 is 0 Å². The number of benzene rings is 16. The van der Waals surface area contributed by atoms with Crippen LogP contribution in [0.3, 0.4) is 0 Å². The smallest absolute Gasteiger partial charge is 0.456 e. The van der Waals surface area contributed by atoms with Crippen molar-refractivity contribution in [1.29, 1.82) is 0 Å². The fraction of sp³-hybridized carbons (Fsp3) is 0.0588. The Morgan fingerprint density at radius 2 is 0.504 bits per heavy atom. The van der Waals surface area contributed by atoms with Crippen molar-refractivity contribution >= 4 is 114 Å². The van der Waals surface area contributed by atoms with Crippen molar-refractivity contribution in [1.82, 2.24) is 0 Å². The molecule has 7 nitrogen and oxygen atoms in total. The van der Waals surface area contributed by atoms with Gasteiger partial charge in [-0.15, -0.1) is 0 Å². The molecule has 3 aromatic heterocycles. The van der Waals surface area contributed by atoms with Gasteiger partial charge in [0.15, 0.2) is 0 Å². The topological polar surface area (TPSA) is 98.3 Å². The molecule has 0 spiro atoms. The standard InChI is InChI=1S/C42H35BO3.C36H23ClO.C24H16BClO3/c1-41(2)42(3,4)46-43(45-41)37-25-24-34(32-22-20-30(21-23-32)28-14-8-5-9-15-28)40-38(37)36-27-33(29-16-10-6-11-17-29)26-35(39(36)44-40)31-18-12-7-13-19-31;37-33-21-20-30(28-18-16-26(17-19-28)24-10-4-1-5-11-24)36-34(33)32-23-29(25-12-6-2-7-13-25)22-31(35(32)38-36)27-14-8-3-9-15-27;26-21-12-11-20(25(27)28)24-22(21)19-14-17(15-7-3-1-4-8-15)13-18(23(19)29-24)16-9-5-2-6-10-16/h5-27H,1-4H3;1-23H;1-14,27-28H. The van der Waals surface area contributed by atoms with Crippen LogP contribution in [0.1, 0.15) is 27.7 Å². The molecule has 0 atom stereocenters. The molecule has 113 heavy (non-hydrogen) atoms. The van der Waals surface area contributed by atoms with E-state index in [2.05, 4.69) is 289 Å². The average molecular weight is 1500 g/mol. The summed E-state index contributed by atoms with van der Waals surface area (Å²) in [6.45, 7) is 8.39. The summed E-state index contributed by atoms with van der Waals surface area (Å²) in [5.41, 5.74) is 26.7. The van der Waals surface area contributed by atoms with Gasteiger partial charge in [-0.3, -0.25) is 0 Å². The highest BCUT2D eigenvalue weighted by molar-refractivity contribution is 6.66. The summed E-state index contributed by atoms with van der Waals surface area (Å²) < 4.78 is 33.3. The summed E-state index contributed by atoms with van der Waals surface area (Å²) in [4.78, 5) is 0. The second kappa shape index (κ2) is 30.3. The summed E-state index contributed by atoms with van der Waals surface area (Å²) in [6.07, 6.45) is 0. The zero-order chi connectivity index (χ0) is 76.9. The van der Waals surface area contributed by atoms with E-state index in [1.807, 2.05) is 91.0 Å². The molecule has 1 fully saturated rings. The average Bonchev–Trinajstić information content (AvgIpc) is 1.65. The molecule has 16 aromatic carbocycles. The molecule has 20 rings (SSSR count). The number of furan rings is 3. The Morgan fingerprint density at radius 1 is 0.248 bits per heavy atom. The lowest BCUT2D eigenvalue weighted by atomic mass is 9.75. The Kier molecular flexibility index (Phi) is 19.3. The van der Waals surface area contributed by atoms with Crippen molar-refractivity contribution in [3.05, 3.63) is 374 Å². The lowest BCUT2D eigenvalue weighted by Crippen LogP contribution is -2.41. The van der Waals surface area contributed by atoms with Crippen molar-refractivity contribution in [3.63, 3.8) is 0 Å². The fourth-order valence-electron chi connectivity index (χ4n) is 15.6. The monoisotopic (exact) mass is 1500 g/mol. The van der Waals surface area contributed by atoms with E-state index in [0.29, 0.717) is 32.1 Å². The minimum Gasteiger partial charge on any atom is -0.456 e. The van der Waals surface area contributed by atoms with Gasteiger partial charge in [0.05, 0.1) is 21.2 Å². The predicted molar refractivity (Wildman–Crippen MR) is 471 cm³/mol. The van der Waals surface area contributed by atoms with Gasteiger partial charge in [0, 0.05) is 65.6 Å². The van der Waals surface area contributed by atoms with Crippen molar-refractivity contribution in [2.45, 2.75) is 38.9 Å². The van der Waals surface area contributed by atoms with E-state index in [0.717, 1.165) is 144 Å². The number of rotatable bonds is 12. The largest absolute Gasteiger partial charge is 0.495 e. The van der Waals surface area contributed by atoms with Gasteiger partial charge in [-0.25, -0.2) is 0 Å². The minimum atomic E-state index is -1.65. The molecule has 2 N–H and O–H groups in total. The summed E-state index contributed by atoms with van der Waals surface area (Å²) in [5.74, 6) is 0. The molecule has 19 aromatic rings. The zero-order valence-corrected chi connectivity index (χ0v) is 64.0. The van der Waals surface area contributed by atoms with Crippen LogP contribution in [0.15, 0.2) is 377 Å². The molecule has 0 bridgehead atoms. The van der Waals surface area contributed by atoms with Crippen LogP contribution in [0, 0.1) is 0 Å². The second-order valence-corrected chi connectivity index (χ2v) is 30.4. The van der Waals surface area contributed by atoms with Gasteiger partial charge in [0.2, 0.25) is 0 Å². The third-order valence-corrected chi connectivity index (χ3v) is 22.7. The molecule has 544 valence electrons. The predicted octanol–water partition coefficient (Wildman–Crippen LogP) is 26.7. The Hall–Kier alpha value is -12.5. The Morgan fingerprint density at radius 3 is 0.850 bits per heavy atom. The van der Waals surface area contributed by atoms with Crippen LogP contribution >= 0.6 is 23.2 Å². The molecule has 11 heteroatoms. The normalized spacial score (nSPS) is 13.0. The SMILES string of the molecule is CC1(C)OB(c2ccc(-c3ccc(-c4ccccc4)cc3)c3oc4c(-c5ccccc5)cc(-c5ccccc5)cc4c23)OC1(C)C.Clc1ccc(-c2ccc(-c3ccccc3)cc2)c2oc3c(-c4ccccc4)cc(-c4ccccc4)cc3c12.OB(O)c1ccc(Cl)c2c1oc1c(-c3ccccc3)cc(-c3ccccc3)cc12. The molecule has 1 aliphatic heterocycles. The molecule has 4 heterocycles. The van der Waals surface area contributed by atoms with Crippen LogP contribution in [-0.2, 0) is 9.31 Å². The molecule has 1 aliphatic rings. The maximum atomic E-state index is 9.81. The number of fused-ring (bicyclic) bond motifs is 9. The van der Waals surface area contributed by atoms with E-state index in [4.69, 9.17) is 45.8 Å². The molecule has 1 saturated heterocycles. The van der Waals surface area contributed by atoms with Crippen molar-refractivity contribution in [2.24, 2.45) is 0 Å².